The number of nitrogens with zero attached hydrogens (tertiary/aromatic N) is 6. The lowest BCUT2D eigenvalue weighted by molar-refractivity contribution is 0.103. The second kappa shape index (κ2) is 7.60. The van der Waals surface area contributed by atoms with Crippen LogP contribution in [0.3, 0.4) is 0 Å². The molecule has 0 bridgehead atoms. The van der Waals surface area contributed by atoms with E-state index in [0.29, 0.717) is 11.9 Å². The fourth-order valence-corrected chi connectivity index (χ4v) is 3.76. The molecule has 1 atom stereocenters. The molecule has 142 valence electrons. The monoisotopic (exact) mass is 366 g/mol. The summed E-state index contributed by atoms with van der Waals surface area (Å²) in [4.78, 5) is 16.0. The van der Waals surface area contributed by atoms with E-state index in [2.05, 4.69) is 22.0 Å². The molecule has 1 aliphatic rings. The minimum Gasteiger partial charge on any atom is -0.378 e. The Kier molecular flexibility index (Phi) is 5.03. The van der Waals surface area contributed by atoms with E-state index in [1.807, 2.05) is 30.8 Å². The van der Waals surface area contributed by atoms with Gasteiger partial charge < -0.3 is 9.64 Å². The van der Waals surface area contributed by atoms with Gasteiger partial charge in [0.1, 0.15) is 5.82 Å². The summed E-state index contributed by atoms with van der Waals surface area (Å²) in [5.41, 5.74) is 2.77. The van der Waals surface area contributed by atoms with Crippen molar-refractivity contribution in [1.29, 1.82) is 0 Å². The van der Waals surface area contributed by atoms with Gasteiger partial charge >= 0.3 is 0 Å². The van der Waals surface area contributed by atoms with Gasteiger partial charge in [0.15, 0.2) is 11.5 Å². The van der Waals surface area contributed by atoms with Crippen LogP contribution in [0, 0.1) is 6.92 Å². The molecule has 0 saturated carbocycles. The van der Waals surface area contributed by atoms with Crippen LogP contribution in [0.2, 0.25) is 0 Å². The molecule has 0 aliphatic carbocycles. The quantitative estimate of drug-likeness (QED) is 0.668. The van der Waals surface area contributed by atoms with Gasteiger partial charge in [-0.15, -0.1) is 0 Å². The summed E-state index contributed by atoms with van der Waals surface area (Å²) >= 11 is 0. The number of rotatable bonds is 6. The number of hydrogen-bond donors (Lipinski definition) is 0. The molecule has 1 aliphatic heterocycles. The molecule has 27 heavy (non-hydrogen) atoms. The van der Waals surface area contributed by atoms with E-state index in [-0.39, 0.29) is 0 Å². The number of ether oxygens (including phenoxy) is 1. The van der Waals surface area contributed by atoms with E-state index in [1.54, 1.807) is 12.4 Å². The molecule has 7 nitrogen and oxygen atoms in total. The number of pyridine rings is 1. The molecule has 0 aromatic carbocycles. The summed E-state index contributed by atoms with van der Waals surface area (Å²) in [5.74, 6) is 1.64. The van der Waals surface area contributed by atoms with Crippen molar-refractivity contribution in [2.24, 2.45) is 7.05 Å². The minimum atomic E-state index is 0.427. The zero-order valence-electron chi connectivity index (χ0n) is 16.2. The number of fused-ring (bicyclic) bond motifs is 1. The molecule has 7 heteroatoms. The highest BCUT2D eigenvalue weighted by Gasteiger charge is 2.20. The Morgan fingerprint density at radius 3 is 2.81 bits per heavy atom. The van der Waals surface area contributed by atoms with E-state index in [1.165, 1.54) is 12.8 Å². The van der Waals surface area contributed by atoms with Gasteiger partial charge in [-0.25, -0.2) is 9.97 Å². The summed E-state index contributed by atoms with van der Waals surface area (Å²) in [7, 11) is 4.03. The van der Waals surface area contributed by atoms with Gasteiger partial charge in [-0.2, -0.15) is 5.10 Å². The van der Waals surface area contributed by atoms with Crippen LogP contribution < -0.4 is 4.90 Å². The minimum absolute atomic E-state index is 0.427. The Balaban J connectivity index is 1.65. The molecule has 4 heterocycles. The Hall–Kier alpha value is -2.54. The van der Waals surface area contributed by atoms with Crippen molar-refractivity contribution in [1.82, 2.24) is 24.7 Å². The molecule has 0 amide bonds. The molecule has 3 aromatic heterocycles. The van der Waals surface area contributed by atoms with E-state index in [4.69, 9.17) is 14.7 Å². The van der Waals surface area contributed by atoms with Crippen molar-refractivity contribution in [3.05, 3.63) is 30.2 Å². The van der Waals surface area contributed by atoms with Gasteiger partial charge in [-0.3, -0.25) is 9.67 Å². The second-order valence-corrected chi connectivity index (χ2v) is 7.21. The van der Waals surface area contributed by atoms with Crippen LogP contribution in [0.5, 0.6) is 0 Å². The standard InChI is InChI=1S/C20H26N6O/c1-14-17-19(25(2)12-4-6-16-7-5-13-27-16)22-18(15-8-10-21-11-9-15)23-20(17)26(3)24-14/h8-11,16H,4-7,12-13H2,1-3H3. The van der Waals surface area contributed by atoms with Crippen molar-refractivity contribution in [2.75, 3.05) is 25.1 Å². The number of aromatic nitrogens is 5. The van der Waals surface area contributed by atoms with Crippen LogP contribution >= 0.6 is 0 Å². The van der Waals surface area contributed by atoms with Crippen molar-refractivity contribution in [3.8, 4) is 11.4 Å². The lowest BCUT2D eigenvalue weighted by Crippen LogP contribution is -2.22. The predicted molar refractivity (Wildman–Crippen MR) is 106 cm³/mol. The first-order chi connectivity index (χ1) is 13.1. The fraction of sp³-hybridized carbons (Fsp3) is 0.500. The van der Waals surface area contributed by atoms with E-state index in [0.717, 1.165) is 54.1 Å². The molecule has 0 spiro atoms. The van der Waals surface area contributed by atoms with Crippen molar-refractivity contribution in [3.63, 3.8) is 0 Å². The van der Waals surface area contributed by atoms with Gasteiger partial charge in [-0.1, -0.05) is 0 Å². The second-order valence-electron chi connectivity index (χ2n) is 7.21. The summed E-state index contributed by atoms with van der Waals surface area (Å²) in [6, 6.07) is 3.87. The normalized spacial score (nSPS) is 16.9. The van der Waals surface area contributed by atoms with Gasteiger partial charge in [-0.05, 0) is 44.7 Å². The van der Waals surface area contributed by atoms with E-state index < -0.39 is 0 Å². The summed E-state index contributed by atoms with van der Waals surface area (Å²) in [6.45, 7) is 3.86. The predicted octanol–water partition coefficient (Wildman–Crippen LogP) is 3.13. The number of aryl methyl sites for hydroxylation is 2. The van der Waals surface area contributed by atoms with Crippen molar-refractivity contribution < 1.29 is 4.74 Å². The average Bonchev–Trinajstić information content (AvgIpc) is 3.30. The molecule has 4 rings (SSSR count). The Morgan fingerprint density at radius 1 is 1.26 bits per heavy atom. The lowest BCUT2D eigenvalue weighted by Gasteiger charge is -2.21. The van der Waals surface area contributed by atoms with Crippen LogP contribution in [-0.4, -0.2) is 51.0 Å². The molecular weight excluding hydrogens is 340 g/mol. The van der Waals surface area contributed by atoms with E-state index >= 15 is 0 Å². The number of anilines is 1. The molecule has 1 unspecified atom stereocenters. The third kappa shape index (κ3) is 3.64. The van der Waals surface area contributed by atoms with Crippen LogP contribution in [0.25, 0.3) is 22.4 Å². The molecule has 0 radical (unpaired) electrons. The van der Waals surface area contributed by atoms with Gasteiger partial charge in [0.05, 0.1) is 17.2 Å². The molecule has 0 N–H and O–H groups in total. The largest absolute Gasteiger partial charge is 0.378 e. The Bertz CT molecular complexity index is 917. The third-order valence-corrected chi connectivity index (χ3v) is 5.18. The van der Waals surface area contributed by atoms with Crippen LogP contribution in [0.4, 0.5) is 5.82 Å². The summed E-state index contributed by atoms with van der Waals surface area (Å²) in [6.07, 6.45) is 8.52. The number of hydrogen-bond acceptors (Lipinski definition) is 6. The van der Waals surface area contributed by atoms with Crippen LogP contribution in [0.1, 0.15) is 31.4 Å². The molecule has 3 aromatic rings. The maximum Gasteiger partial charge on any atom is 0.164 e. The lowest BCUT2D eigenvalue weighted by atomic mass is 10.1. The highest BCUT2D eigenvalue weighted by atomic mass is 16.5. The van der Waals surface area contributed by atoms with Gasteiger partial charge in [0, 0.05) is 45.2 Å². The van der Waals surface area contributed by atoms with Crippen LogP contribution in [-0.2, 0) is 11.8 Å². The maximum absolute atomic E-state index is 5.75. The zero-order valence-corrected chi connectivity index (χ0v) is 16.2. The van der Waals surface area contributed by atoms with Crippen molar-refractivity contribution in [2.45, 2.75) is 38.7 Å². The first-order valence-electron chi connectivity index (χ1n) is 9.58. The molecular formula is C20H26N6O. The highest BCUT2D eigenvalue weighted by molar-refractivity contribution is 5.91. The summed E-state index contributed by atoms with van der Waals surface area (Å²) < 4.78 is 7.58. The van der Waals surface area contributed by atoms with E-state index in [9.17, 15) is 0 Å². The summed E-state index contributed by atoms with van der Waals surface area (Å²) in [5, 5.41) is 5.59. The van der Waals surface area contributed by atoms with Gasteiger partial charge in [0.25, 0.3) is 0 Å². The van der Waals surface area contributed by atoms with Crippen LogP contribution in [0.15, 0.2) is 24.5 Å². The highest BCUT2D eigenvalue weighted by Crippen LogP contribution is 2.29. The zero-order chi connectivity index (χ0) is 18.8. The van der Waals surface area contributed by atoms with Gasteiger partial charge in [0.2, 0.25) is 0 Å². The van der Waals surface area contributed by atoms with Crippen molar-refractivity contribution >= 4 is 16.9 Å². The molecule has 1 fully saturated rings. The smallest absolute Gasteiger partial charge is 0.164 e. The first-order valence-corrected chi connectivity index (χ1v) is 9.58. The SMILES string of the molecule is Cc1nn(C)c2nc(-c3ccncc3)nc(N(C)CCCC3CCCO3)c12. The fourth-order valence-electron chi connectivity index (χ4n) is 3.76. The maximum atomic E-state index is 5.75. The Morgan fingerprint density at radius 2 is 2.07 bits per heavy atom. The third-order valence-electron chi connectivity index (χ3n) is 5.18. The first kappa shape index (κ1) is 17.9. The topological polar surface area (TPSA) is 69.0 Å². The molecule has 1 saturated heterocycles. The Labute approximate surface area is 159 Å². The average molecular weight is 366 g/mol.